The highest BCUT2D eigenvalue weighted by molar-refractivity contribution is 8.02. The summed E-state index contributed by atoms with van der Waals surface area (Å²) in [6.45, 7) is 2.66. The van der Waals surface area contributed by atoms with Crippen LogP contribution in [0.3, 0.4) is 0 Å². The lowest BCUT2D eigenvalue weighted by Gasteiger charge is -2.38. The van der Waals surface area contributed by atoms with Crippen LogP contribution in [0.15, 0.2) is 48.6 Å². The number of aliphatic hydroxyl groups is 1. The van der Waals surface area contributed by atoms with Crippen LogP contribution in [0.25, 0.3) is 11.0 Å². The van der Waals surface area contributed by atoms with E-state index in [1.807, 2.05) is 55.5 Å². The molecule has 1 aromatic carbocycles. The van der Waals surface area contributed by atoms with Gasteiger partial charge in [0, 0.05) is 25.4 Å². The average Bonchev–Trinajstić information content (AvgIpc) is 3.46. The number of carbonyl (C=O) groups is 3. The van der Waals surface area contributed by atoms with Crippen LogP contribution in [-0.2, 0) is 21.1 Å². The van der Waals surface area contributed by atoms with Gasteiger partial charge in [-0.05, 0) is 18.6 Å². The first-order valence-corrected chi connectivity index (χ1v) is 13.6. The fourth-order valence-electron chi connectivity index (χ4n) is 6.37. The predicted octanol–water partition coefficient (Wildman–Crippen LogP) is 0.884. The van der Waals surface area contributed by atoms with Gasteiger partial charge in [-0.25, -0.2) is 4.68 Å². The molecular formula is C26H30N6O4S. The summed E-state index contributed by atoms with van der Waals surface area (Å²) in [7, 11) is 1.75. The number of thioether (sulfide) groups is 1. The number of carbonyl (C=O) groups excluding carboxylic acids is 3. The molecule has 2 fully saturated rings. The molecule has 194 valence electrons. The van der Waals surface area contributed by atoms with Crippen molar-refractivity contribution in [3.05, 3.63) is 48.6 Å². The molecule has 0 bridgehead atoms. The van der Waals surface area contributed by atoms with Crippen molar-refractivity contribution in [2.75, 3.05) is 26.7 Å². The first-order chi connectivity index (χ1) is 17.9. The summed E-state index contributed by atoms with van der Waals surface area (Å²) >= 11 is 1.54. The third kappa shape index (κ3) is 3.47. The van der Waals surface area contributed by atoms with Crippen LogP contribution in [0.2, 0.25) is 0 Å². The lowest BCUT2D eigenvalue weighted by atomic mass is 9.78. The summed E-state index contributed by atoms with van der Waals surface area (Å²) in [4.78, 5) is 46.9. The van der Waals surface area contributed by atoms with Crippen LogP contribution in [-0.4, -0.2) is 101 Å². The van der Waals surface area contributed by atoms with E-state index < -0.39 is 28.7 Å². The number of aliphatic hydroxyl groups excluding tert-OH is 1. The Morgan fingerprint density at radius 1 is 1.14 bits per heavy atom. The summed E-state index contributed by atoms with van der Waals surface area (Å²) in [5.41, 5.74) is 1.55. The maximum atomic E-state index is 14.4. The van der Waals surface area contributed by atoms with Gasteiger partial charge in [0.05, 0.1) is 34.7 Å². The van der Waals surface area contributed by atoms with Crippen molar-refractivity contribution in [1.29, 1.82) is 0 Å². The molecule has 3 amide bonds. The normalized spacial score (nSPS) is 32.0. The summed E-state index contributed by atoms with van der Waals surface area (Å²) in [5, 5.41) is 18.5. The van der Waals surface area contributed by atoms with Crippen molar-refractivity contribution in [2.45, 2.75) is 42.1 Å². The Kier molecular flexibility index (Phi) is 5.87. The number of para-hydroxylation sites is 1. The fraction of sp³-hybridized carbons (Fsp3) is 0.500. The number of aromatic nitrogens is 3. The van der Waals surface area contributed by atoms with Crippen LogP contribution in [0, 0.1) is 11.8 Å². The van der Waals surface area contributed by atoms with Crippen molar-refractivity contribution in [1.82, 2.24) is 29.7 Å². The highest BCUT2D eigenvalue weighted by atomic mass is 32.2. The second-order valence-corrected chi connectivity index (χ2v) is 11.6. The third-order valence-corrected chi connectivity index (χ3v) is 9.93. The molecule has 2 aromatic rings. The van der Waals surface area contributed by atoms with Crippen LogP contribution in [0.1, 0.15) is 13.3 Å². The molecule has 4 aliphatic heterocycles. The zero-order valence-electron chi connectivity index (χ0n) is 20.8. The number of hydrogen-bond donors (Lipinski definition) is 1. The largest absolute Gasteiger partial charge is 0.394 e. The van der Waals surface area contributed by atoms with Gasteiger partial charge in [-0.1, -0.05) is 48.6 Å². The topological polar surface area (TPSA) is 112 Å². The molecule has 1 spiro atoms. The minimum atomic E-state index is -0.899. The van der Waals surface area contributed by atoms with E-state index in [1.54, 1.807) is 38.2 Å². The van der Waals surface area contributed by atoms with E-state index in [0.717, 1.165) is 11.0 Å². The summed E-state index contributed by atoms with van der Waals surface area (Å²) < 4.78 is 0.789. The quantitative estimate of drug-likeness (QED) is 0.581. The first-order valence-electron chi connectivity index (χ1n) is 12.7. The molecule has 0 aliphatic carbocycles. The number of nitrogens with zero attached hydrogens (tertiary/aromatic N) is 6. The lowest BCUT2D eigenvalue weighted by molar-refractivity contribution is -0.147. The van der Waals surface area contributed by atoms with Crippen LogP contribution in [0.5, 0.6) is 0 Å². The number of amides is 3. The average molecular weight is 523 g/mol. The first kappa shape index (κ1) is 24.2. The zero-order chi connectivity index (χ0) is 25.9. The van der Waals surface area contributed by atoms with Gasteiger partial charge in [-0.2, -0.15) is 0 Å². The standard InChI is InChI=1S/C26H30N6O4S/c1-3-16(14-33)32-22-25(36)30(15-31-18-9-5-4-8-17(18)27-28-31)13-7-11-26(22)21(24(32)35)20-19(37-26)10-6-12-29(2)23(20)34/h4-11,16,19-22,33H,3,12-15H2,1-2H3/t16-,19+,20-,21-,22?,26-/m0/s1. The minimum absolute atomic E-state index is 0.0774. The number of fused-ring (bicyclic) bond motifs is 3. The monoisotopic (exact) mass is 522 g/mol. The van der Waals surface area contributed by atoms with E-state index in [-0.39, 0.29) is 36.2 Å². The van der Waals surface area contributed by atoms with E-state index >= 15 is 0 Å². The maximum absolute atomic E-state index is 14.4. The molecule has 11 heteroatoms. The molecule has 6 rings (SSSR count). The van der Waals surface area contributed by atoms with Crippen LogP contribution < -0.4 is 0 Å². The van der Waals surface area contributed by atoms with Gasteiger partial charge < -0.3 is 19.8 Å². The smallest absolute Gasteiger partial charge is 0.248 e. The highest BCUT2D eigenvalue weighted by Crippen LogP contribution is 2.61. The molecule has 6 atom stereocenters. The Hall–Kier alpha value is -3.18. The van der Waals surface area contributed by atoms with Crippen molar-refractivity contribution >= 4 is 40.5 Å². The van der Waals surface area contributed by atoms with Crippen molar-refractivity contribution in [3.63, 3.8) is 0 Å². The second kappa shape index (κ2) is 8.98. The molecule has 4 aliphatic rings. The number of likely N-dealkylation sites (N-methyl/N-ethyl adjacent to an activating group) is 1. The van der Waals surface area contributed by atoms with Gasteiger partial charge in [0.25, 0.3) is 0 Å². The Morgan fingerprint density at radius 2 is 1.95 bits per heavy atom. The van der Waals surface area contributed by atoms with Gasteiger partial charge in [-0.3, -0.25) is 14.4 Å². The predicted molar refractivity (Wildman–Crippen MR) is 138 cm³/mol. The summed E-state index contributed by atoms with van der Waals surface area (Å²) in [6, 6.07) is 6.21. The maximum Gasteiger partial charge on any atom is 0.248 e. The molecule has 1 unspecified atom stereocenters. The fourth-order valence-corrected chi connectivity index (χ4v) is 8.36. The van der Waals surface area contributed by atoms with E-state index in [0.29, 0.717) is 19.5 Å². The number of rotatable bonds is 5. The van der Waals surface area contributed by atoms with E-state index in [9.17, 15) is 19.5 Å². The van der Waals surface area contributed by atoms with E-state index in [4.69, 9.17) is 0 Å². The van der Waals surface area contributed by atoms with Gasteiger partial charge in [-0.15, -0.1) is 16.9 Å². The van der Waals surface area contributed by atoms with Gasteiger partial charge in [0.15, 0.2) is 0 Å². The third-order valence-electron chi connectivity index (χ3n) is 8.18. The summed E-state index contributed by atoms with van der Waals surface area (Å²) in [5.74, 6) is -1.76. The van der Waals surface area contributed by atoms with E-state index in [2.05, 4.69) is 10.3 Å². The molecule has 2 saturated heterocycles. The van der Waals surface area contributed by atoms with Crippen molar-refractivity contribution < 1.29 is 19.5 Å². The lowest BCUT2D eigenvalue weighted by Crippen LogP contribution is -2.56. The molecule has 10 nitrogen and oxygen atoms in total. The Labute approximate surface area is 218 Å². The Morgan fingerprint density at radius 3 is 2.73 bits per heavy atom. The molecule has 5 heterocycles. The molecule has 1 aromatic heterocycles. The van der Waals surface area contributed by atoms with Gasteiger partial charge >= 0.3 is 0 Å². The Bertz CT molecular complexity index is 1320. The number of hydrogen-bond acceptors (Lipinski definition) is 7. The summed E-state index contributed by atoms with van der Waals surface area (Å²) in [6.07, 6.45) is 8.42. The number of benzene rings is 1. The second-order valence-electron chi connectivity index (χ2n) is 10.2. The molecule has 37 heavy (non-hydrogen) atoms. The molecule has 1 N–H and O–H groups in total. The zero-order valence-corrected chi connectivity index (χ0v) is 21.6. The van der Waals surface area contributed by atoms with Crippen LogP contribution in [0.4, 0.5) is 0 Å². The number of likely N-dealkylation sites (tertiary alicyclic amines) is 1. The van der Waals surface area contributed by atoms with Gasteiger partial charge in [0.2, 0.25) is 17.7 Å². The minimum Gasteiger partial charge on any atom is -0.394 e. The van der Waals surface area contributed by atoms with Crippen LogP contribution >= 0.6 is 11.8 Å². The van der Waals surface area contributed by atoms with Crippen molar-refractivity contribution in [3.8, 4) is 0 Å². The molecule has 0 radical (unpaired) electrons. The molecular weight excluding hydrogens is 492 g/mol. The SMILES string of the molecule is CC[C@@H](CO)N1C(=O)[C@@H]2[C@H]3C(=O)N(C)CC=C[C@H]3S[C@@]23C=CCN(Cn2nnc4ccccc42)C(=O)C13. The van der Waals surface area contributed by atoms with Crippen molar-refractivity contribution in [2.24, 2.45) is 11.8 Å². The highest BCUT2D eigenvalue weighted by Gasteiger charge is 2.71. The van der Waals surface area contributed by atoms with Gasteiger partial charge in [0.1, 0.15) is 18.2 Å². The molecule has 0 saturated carbocycles. The van der Waals surface area contributed by atoms with E-state index in [1.165, 1.54) is 0 Å². The Balaban J connectivity index is 1.43.